The number of nitrogens with zero attached hydrogens (tertiary/aromatic N) is 1. The number of benzene rings is 2. The molecule has 0 bridgehead atoms. The molecule has 1 saturated carbocycles. The minimum absolute atomic E-state index is 0.000764. The molecule has 0 radical (unpaired) electrons. The predicted octanol–water partition coefficient (Wildman–Crippen LogP) is 6.83. The maximum absolute atomic E-state index is 14.8. The van der Waals surface area contributed by atoms with Crippen molar-refractivity contribution in [3.63, 3.8) is 0 Å². The van der Waals surface area contributed by atoms with Gasteiger partial charge in [-0.25, -0.2) is 4.39 Å². The van der Waals surface area contributed by atoms with Crippen LogP contribution in [0.1, 0.15) is 59.3 Å². The van der Waals surface area contributed by atoms with E-state index in [9.17, 15) is 22.4 Å². The van der Waals surface area contributed by atoms with E-state index >= 15 is 0 Å². The molecule has 3 aliphatic rings. The van der Waals surface area contributed by atoms with Crippen LogP contribution in [0.5, 0.6) is 5.75 Å². The number of piperidine rings is 1. The maximum Gasteiger partial charge on any atom is 0.393 e. The van der Waals surface area contributed by atoms with Gasteiger partial charge in [-0.15, -0.1) is 11.3 Å². The zero-order valence-electron chi connectivity index (χ0n) is 28.4. The second kappa shape index (κ2) is 15.8. The number of methoxy groups -OCH3 is 1. The first-order valence-electron chi connectivity index (χ1n) is 17.2. The number of carbonyl (C=O) groups is 1. The van der Waals surface area contributed by atoms with E-state index in [0.29, 0.717) is 21.7 Å². The van der Waals surface area contributed by atoms with Crippen LogP contribution >= 0.6 is 11.3 Å². The van der Waals surface area contributed by atoms with Crippen molar-refractivity contribution in [2.45, 2.75) is 63.2 Å². The van der Waals surface area contributed by atoms with Crippen LogP contribution in [-0.4, -0.2) is 89.3 Å². The number of anilines is 2. The number of alkyl halides is 3. The number of ether oxygens (including phenoxy) is 3. The van der Waals surface area contributed by atoms with Gasteiger partial charge in [0.15, 0.2) is 0 Å². The van der Waals surface area contributed by atoms with Gasteiger partial charge in [0.05, 0.1) is 59.3 Å². The van der Waals surface area contributed by atoms with Crippen molar-refractivity contribution in [3.8, 4) is 17.6 Å². The van der Waals surface area contributed by atoms with Crippen LogP contribution in [0.3, 0.4) is 0 Å². The largest absolute Gasteiger partial charge is 0.489 e. The van der Waals surface area contributed by atoms with Crippen molar-refractivity contribution in [1.82, 2.24) is 10.2 Å². The van der Waals surface area contributed by atoms with Crippen molar-refractivity contribution in [2.75, 3.05) is 70.9 Å². The van der Waals surface area contributed by atoms with Crippen LogP contribution < -0.4 is 20.7 Å². The molecule has 2 aromatic carbocycles. The molecule has 3 fully saturated rings. The molecule has 1 amide bonds. The highest BCUT2D eigenvalue weighted by molar-refractivity contribution is 7.20. The molecule has 3 aromatic rings. The van der Waals surface area contributed by atoms with Crippen molar-refractivity contribution in [1.29, 1.82) is 0 Å². The molecule has 1 spiro atoms. The van der Waals surface area contributed by atoms with Gasteiger partial charge in [-0.3, -0.25) is 4.79 Å². The molecule has 2 saturated heterocycles. The van der Waals surface area contributed by atoms with Gasteiger partial charge in [-0.1, -0.05) is 24.0 Å². The van der Waals surface area contributed by atoms with Crippen molar-refractivity contribution < 1.29 is 36.6 Å². The number of amides is 1. The first-order chi connectivity index (χ1) is 24.1. The lowest BCUT2D eigenvalue weighted by atomic mass is 9.76. The van der Waals surface area contributed by atoms with E-state index in [0.717, 1.165) is 68.4 Å². The lowest BCUT2D eigenvalue weighted by Gasteiger charge is -2.49. The number of hydrogen-bond acceptors (Lipinski definition) is 8. The van der Waals surface area contributed by atoms with Gasteiger partial charge in [0.1, 0.15) is 18.2 Å². The molecule has 8 nitrogen and oxygen atoms in total. The van der Waals surface area contributed by atoms with E-state index in [4.69, 9.17) is 14.2 Å². The summed E-state index contributed by atoms with van der Waals surface area (Å²) in [6.07, 6.45) is 1.13. The van der Waals surface area contributed by atoms with Crippen LogP contribution in [0.4, 0.5) is 28.9 Å². The number of likely N-dealkylation sites (tertiary alicyclic amines) is 1. The zero-order valence-corrected chi connectivity index (χ0v) is 29.3. The molecule has 1 aromatic heterocycles. The van der Waals surface area contributed by atoms with Crippen molar-refractivity contribution >= 4 is 38.7 Å². The van der Waals surface area contributed by atoms with E-state index in [1.165, 1.54) is 44.4 Å². The predicted molar refractivity (Wildman–Crippen MR) is 188 cm³/mol. The Kier molecular flexibility index (Phi) is 11.4. The second-order valence-electron chi connectivity index (χ2n) is 13.5. The van der Waals surface area contributed by atoms with Gasteiger partial charge in [-0.2, -0.15) is 13.2 Å². The normalized spacial score (nSPS) is 20.5. The van der Waals surface area contributed by atoms with E-state index < -0.39 is 24.3 Å². The Labute approximate surface area is 294 Å². The fraction of sp³-hybridized carbons (Fsp3) is 0.541. The van der Waals surface area contributed by atoms with Crippen LogP contribution in [0.15, 0.2) is 30.3 Å². The standard InChI is InChI=1S/C37H44F4N4O4S/c1-42-35(46)27-19-32(49-18-17-47-2)31(20-29(27)38)43-14-4-7-33-28(21-37(39,40)41)26-5-3-6-30(34(26)50-33)44-24-8-10-25(11-9-24)45-15-12-36(13-16-45)22-48-23-36/h3,5-6,19-20,24-25,43-44H,8-18,21-23H2,1-2H3,(H,42,46). The van der Waals surface area contributed by atoms with E-state index in [1.807, 2.05) is 6.07 Å². The Morgan fingerprint density at radius 2 is 1.86 bits per heavy atom. The first kappa shape index (κ1) is 36.2. The topological polar surface area (TPSA) is 84.1 Å². The van der Waals surface area contributed by atoms with Gasteiger partial charge in [0.2, 0.25) is 0 Å². The van der Waals surface area contributed by atoms with E-state index in [-0.39, 0.29) is 48.4 Å². The van der Waals surface area contributed by atoms with Gasteiger partial charge < -0.3 is 35.1 Å². The summed E-state index contributed by atoms with van der Waals surface area (Å²) < 4.78 is 73.2. The number of thiophene rings is 1. The quantitative estimate of drug-likeness (QED) is 0.114. The van der Waals surface area contributed by atoms with Crippen LogP contribution in [-0.2, 0) is 15.9 Å². The van der Waals surface area contributed by atoms with Gasteiger partial charge in [0, 0.05) is 37.7 Å². The lowest BCUT2D eigenvalue weighted by Crippen LogP contribution is -2.53. The summed E-state index contributed by atoms with van der Waals surface area (Å²) in [5.41, 5.74) is 1.48. The third-order valence-electron chi connectivity index (χ3n) is 10.1. The summed E-state index contributed by atoms with van der Waals surface area (Å²) in [6, 6.07) is 8.73. The zero-order chi connectivity index (χ0) is 35.3. The molecule has 3 heterocycles. The number of hydrogen-bond donors (Lipinski definition) is 3. The highest BCUT2D eigenvalue weighted by atomic mass is 32.1. The lowest BCUT2D eigenvalue weighted by molar-refractivity contribution is -0.143. The Morgan fingerprint density at radius 1 is 1.10 bits per heavy atom. The molecule has 13 heteroatoms. The monoisotopic (exact) mass is 716 g/mol. The van der Waals surface area contributed by atoms with Gasteiger partial charge in [-0.05, 0) is 74.7 Å². The van der Waals surface area contributed by atoms with E-state index in [2.05, 4.69) is 32.7 Å². The highest BCUT2D eigenvalue weighted by Crippen LogP contribution is 2.42. The molecular formula is C37H44F4N4O4S. The Bertz CT molecular complexity index is 1710. The summed E-state index contributed by atoms with van der Waals surface area (Å²) >= 11 is 1.26. The summed E-state index contributed by atoms with van der Waals surface area (Å²) in [5, 5.41) is 9.60. The minimum atomic E-state index is -4.41. The maximum atomic E-state index is 14.8. The summed E-state index contributed by atoms with van der Waals surface area (Å²) in [5.74, 6) is 4.73. The fourth-order valence-corrected chi connectivity index (χ4v) is 8.40. The molecule has 0 unspecified atom stereocenters. The molecule has 0 atom stereocenters. The fourth-order valence-electron chi connectivity index (χ4n) is 7.23. The molecule has 2 aliphatic heterocycles. The van der Waals surface area contributed by atoms with Crippen LogP contribution in [0.25, 0.3) is 10.1 Å². The van der Waals surface area contributed by atoms with Crippen LogP contribution in [0, 0.1) is 23.1 Å². The minimum Gasteiger partial charge on any atom is -0.489 e. The van der Waals surface area contributed by atoms with E-state index in [1.54, 1.807) is 12.1 Å². The highest BCUT2D eigenvalue weighted by Gasteiger charge is 2.42. The second-order valence-corrected chi connectivity index (χ2v) is 14.5. The number of nitrogens with one attached hydrogen (secondary N) is 3. The number of rotatable bonds is 11. The average molecular weight is 717 g/mol. The van der Waals surface area contributed by atoms with Gasteiger partial charge in [0.25, 0.3) is 5.91 Å². The Morgan fingerprint density at radius 3 is 2.52 bits per heavy atom. The third-order valence-corrected chi connectivity index (χ3v) is 11.3. The van der Waals surface area contributed by atoms with Crippen molar-refractivity contribution in [3.05, 3.63) is 52.2 Å². The van der Waals surface area contributed by atoms with Crippen molar-refractivity contribution in [2.24, 2.45) is 5.41 Å². The summed E-state index contributed by atoms with van der Waals surface area (Å²) in [4.78, 5) is 15.1. The molecule has 3 N–H and O–H groups in total. The number of fused-ring (bicyclic) bond motifs is 1. The summed E-state index contributed by atoms with van der Waals surface area (Å²) in [7, 11) is 2.91. The molecule has 270 valence electrons. The Hall–Kier alpha value is -3.57. The smallest absolute Gasteiger partial charge is 0.393 e. The average Bonchev–Trinajstić information content (AvgIpc) is 3.43. The van der Waals surface area contributed by atoms with Crippen LogP contribution in [0.2, 0.25) is 0 Å². The van der Waals surface area contributed by atoms with Gasteiger partial charge >= 0.3 is 6.18 Å². The summed E-state index contributed by atoms with van der Waals surface area (Å²) in [6.45, 7) is 4.50. The molecule has 6 rings (SSSR count). The molecule has 50 heavy (non-hydrogen) atoms. The molecule has 1 aliphatic carbocycles. The first-order valence-corrected chi connectivity index (χ1v) is 18.0. The molecular weight excluding hydrogens is 672 g/mol. The number of halogens is 4. The Balaban J connectivity index is 1.15. The SMILES string of the molecule is CNC(=O)c1cc(OCCOC)c(NCC#Cc2sc3c(NC4CCC(N5CCC6(CC5)COC6)CC4)cccc3c2CC(F)(F)F)cc1F. The number of carbonyl (C=O) groups excluding carboxylic acids is 1. The third kappa shape index (κ3) is 8.48.